The van der Waals surface area contributed by atoms with Crippen molar-refractivity contribution in [2.75, 3.05) is 9.44 Å². The number of nitrogens with one attached hydrogen (secondary N) is 2. The van der Waals surface area contributed by atoms with Crippen molar-refractivity contribution in [2.45, 2.75) is 22.5 Å². The van der Waals surface area contributed by atoms with Crippen LogP contribution in [0.15, 0.2) is 101 Å². The van der Waals surface area contributed by atoms with E-state index in [9.17, 15) is 43.2 Å². The molecule has 0 saturated heterocycles. The summed E-state index contributed by atoms with van der Waals surface area (Å²) in [6.07, 6.45) is -10.0. The van der Waals surface area contributed by atoms with Gasteiger partial charge < -0.3 is 9.47 Å². The van der Waals surface area contributed by atoms with Gasteiger partial charge in [-0.15, -0.1) is 26.3 Å². The van der Waals surface area contributed by atoms with Crippen LogP contribution in [0.2, 0.25) is 5.02 Å². The molecule has 4 aromatic rings. The van der Waals surface area contributed by atoms with Gasteiger partial charge in [-0.1, -0.05) is 35.9 Å². The summed E-state index contributed by atoms with van der Waals surface area (Å²) in [5.41, 5.74) is 0.197. The van der Waals surface area contributed by atoms with Crippen LogP contribution in [0, 0.1) is 0 Å². The second-order valence-corrected chi connectivity index (χ2v) is 12.3. The van der Waals surface area contributed by atoms with E-state index in [1.807, 2.05) is 0 Å². The average Bonchev–Trinajstić information content (AvgIpc) is 2.88. The van der Waals surface area contributed by atoms with Gasteiger partial charge in [-0.2, -0.15) is 0 Å². The molecule has 0 heterocycles. The minimum absolute atomic E-state index is 0.283. The highest BCUT2D eigenvalue weighted by atomic mass is 35.5. The van der Waals surface area contributed by atoms with E-state index in [0.717, 1.165) is 48.5 Å². The minimum Gasteiger partial charge on any atom is -0.406 e. The van der Waals surface area contributed by atoms with Crippen molar-refractivity contribution in [1.82, 2.24) is 0 Å². The van der Waals surface area contributed by atoms with Crippen molar-refractivity contribution in [1.29, 1.82) is 0 Å². The number of benzene rings is 4. The number of hydrogen-bond acceptors (Lipinski definition) is 6. The first-order valence-electron chi connectivity index (χ1n) is 11.6. The van der Waals surface area contributed by atoms with E-state index in [2.05, 4.69) is 18.9 Å². The van der Waals surface area contributed by atoms with Gasteiger partial charge in [0.2, 0.25) is 0 Å². The van der Waals surface area contributed by atoms with E-state index < -0.39 is 54.1 Å². The predicted molar refractivity (Wildman–Crippen MR) is 145 cm³/mol. The zero-order valence-corrected chi connectivity index (χ0v) is 23.5. The standard InChI is InChI=1S/C26H17ClF6N2O6S2/c27-22-4-2-1-3-21(22)16-5-14-23(34-42(36,37)19-10-6-17(7-11-19)40-25(28,29)30)24(15-16)35-43(38,39)20-12-8-18(9-13-20)41-26(31,32)33/h1-15,34-35H. The maximum Gasteiger partial charge on any atom is 0.573 e. The molecule has 0 saturated carbocycles. The van der Waals surface area contributed by atoms with E-state index >= 15 is 0 Å². The lowest BCUT2D eigenvalue weighted by Gasteiger charge is -2.17. The molecule has 0 unspecified atom stereocenters. The fourth-order valence-corrected chi connectivity index (χ4v) is 6.02. The van der Waals surface area contributed by atoms with Crippen molar-refractivity contribution in [3.63, 3.8) is 0 Å². The Kier molecular flexibility index (Phi) is 8.76. The first kappa shape index (κ1) is 31.8. The zero-order valence-electron chi connectivity index (χ0n) is 21.1. The summed E-state index contributed by atoms with van der Waals surface area (Å²) < 4.78 is 139. The molecule has 2 N–H and O–H groups in total. The van der Waals surface area contributed by atoms with Crippen molar-refractivity contribution < 1.29 is 52.7 Å². The van der Waals surface area contributed by atoms with E-state index in [4.69, 9.17) is 11.6 Å². The second-order valence-electron chi connectivity index (χ2n) is 8.49. The first-order valence-corrected chi connectivity index (χ1v) is 14.9. The summed E-state index contributed by atoms with van der Waals surface area (Å²) in [6, 6.07) is 16.9. The van der Waals surface area contributed by atoms with Crippen LogP contribution in [0.1, 0.15) is 0 Å². The number of halogens is 7. The third-order valence-electron chi connectivity index (χ3n) is 5.43. The SMILES string of the molecule is O=S(=O)(Nc1ccc(-c2ccccc2Cl)cc1NS(=O)(=O)c1ccc(OC(F)(F)F)cc1)c1ccc(OC(F)(F)F)cc1. The smallest absolute Gasteiger partial charge is 0.406 e. The highest BCUT2D eigenvalue weighted by Gasteiger charge is 2.32. The van der Waals surface area contributed by atoms with Crippen LogP contribution in [0.3, 0.4) is 0 Å². The highest BCUT2D eigenvalue weighted by molar-refractivity contribution is 7.93. The Balaban J connectivity index is 1.70. The summed E-state index contributed by atoms with van der Waals surface area (Å²) in [6.45, 7) is 0. The highest BCUT2D eigenvalue weighted by Crippen LogP contribution is 2.35. The average molecular weight is 667 g/mol. The Morgan fingerprint density at radius 2 is 1.02 bits per heavy atom. The molecule has 0 bridgehead atoms. The fourth-order valence-electron chi connectivity index (χ4n) is 3.63. The number of anilines is 2. The maximum atomic E-state index is 13.2. The monoisotopic (exact) mass is 666 g/mol. The Morgan fingerprint density at radius 1 is 0.581 bits per heavy atom. The molecule has 228 valence electrons. The number of hydrogen-bond donors (Lipinski definition) is 2. The summed E-state index contributed by atoms with van der Waals surface area (Å²) in [5.74, 6) is -1.34. The van der Waals surface area contributed by atoms with E-state index in [-0.39, 0.29) is 16.4 Å². The van der Waals surface area contributed by atoms with Gasteiger partial charge in [-0.05, 0) is 72.3 Å². The first-order chi connectivity index (χ1) is 19.9. The van der Waals surface area contributed by atoms with Crippen LogP contribution < -0.4 is 18.9 Å². The van der Waals surface area contributed by atoms with Crippen LogP contribution in [0.5, 0.6) is 11.5 Å². The predicted octanol–water partition coefficient (Wildman–Crippen LogP) is 7.41. The molecule has 4 aromatic carbocycles. The molecular weight excluding hydrogens is 650 g/mol. The Morgan fingerprint density at radius 3 is 1.47 bits per heavy atom. The molecule has 0 aliphatic heterocycles. The molecule has 0 aromatic heterocycles. The number of ether oxygens (including phenoxy) is 2. The van der Waals surface area contributed by atoms with Gasteiger partial charge in [-0.3, -0.25) is 9.44 Å². The molecule has 0 spiro atoms. The number of sulfonamides is 2. The molecule has 0 aliphatic rings. The molecular formula is C26H17ClF6N2O6S2. The Bertz CT molecular complexity index is 1830. The van der Waals surface area contributed by atoms with Gasteiger partial charge in [-0.25, -0.2) is 16.8 Å². The van der Waals surface area contributed by atoms with Gasteiger partial charge >= 0.3 is 12.7 Å². The van der Waals surface area contributed by atoms with Crippen LogP contribution >= 0.6 is 11.6 Å². The molecule has 0 fully saturated rings. The fraction of sp³-hybridized carbons (Fsp3) is 0.0769. The second kappa shape index (κ2) is 11.9. The summed E-state index contributed by atoms with van der Waals surface area (Å²) >= 11 is 6.26. The molecule has 43 heavy (non-hydrogen) atoms. The molecule has 0 atom stereocenters. The lowest BCUT2D eigenvalue weighted by molar-refractivity contribution is -0.275. The third-order valence-corrected chi connectivity index (χ3v) is 8.52. The van der Waals surface area contributed by atoms with Gasteiger partial charge in [0.15, 0.2) is 0 Å². The minimum atomic E-state index is -5.00. The molecule has 0 amide bonds. The molecule has 0 aliphatic carbocycles. The molecule has 8 nitrogen and oxygen atoms in total. The van der Waals surface area contributed by atoms with Crippen molar-refractivity contribution in [3.05, 3.63) is 96.0 Å². The quantitative estimate of drug-likeness (QED) is 0.180. The van der Waals surface area contributed by atoms with Crippen LogP contribution in [0.25, 0.3) is 11.1 Å². The Hall–Kier alpha value is -4.15. The normalized spacial score (nSPS) is 12.4. The lowest BCUT2D eigenvalue weighted by Crippen LogP contribution is -2.19. The maximum absolute atomic E-state index is 13.2. The number of alkyl halides is 6. The zero-order chi connectivity index (χ0) is 31.6. The van der Waals surface area contributed by atoms with Crippen LogP contribution in [0.4, 0.5) is 37.7 Å². The van der Waals surface area contributed by atoms with Crippen LogP contribution in [-0.2, 0) is 20.0 Å². The van der Waals surface area contributed by atoms with Crippen molar-refractivity contribution >= 4 is 43.0 Å². The van der Waals surface area contributed by atoms with Crippen molar-refractivity contribution in [3.8, 4) is 22.6 Å². The van der Waals surface area contributed by atoms with Gasteiger partial charge in [0.1, 0.15) is 11.5 Å². The van der Waals surface area contributed by atoms with E-state index in [0.29, 0.717) is 11.1 Å². The van der Waals surface area contributed by atoms with Gasteiger partial charge in [0, 0.05) is 10.6 Å². The topological polar surface area (TPSA) is 111 Å². The summed E-state index contributed by atoms with van der Waals surface area (Å²) in [5, 5.41) is 0.283. The van der Waals surface area contributed by atoms with Gasteiger partial charge in [0.25, 0.3) is 20.0 Å². The third kappa shape index (κ3) is 8.46. The van der Waals surface area contributed by atoms with Gasteiger partial charge in [0.05, 0.1) is 21.2 Å². The number of rotatable bonds is 9. The lowest BCUT2D eigenvalue weighted by atomic mass is 10.0. The Labute approximate surface area is 245 Å². The summed E-state index contributed by atoms with van der Waals surface area (Å²) in [4.78, 5) is -0.967. The summed E-state index contributed by atoms with van der Waals surface area (Å²) in [7, 11) is -9.02. The van der Waals surface area contributed by atoms with Crippen LogP contribution in [-0.4, -0.2) is 29.6 Å². The van der Waals surface area contributed by atoms with E-state index in [1.165, 1.54) is 18.2 Å². The molecule has 0 radical (unpaired) electrons. The molecule has 4 rings (SSSR count). The molecule has 17 heteroatoms. The van der Waals surface area contributed by atoms with E-state index in [1.54, 1.807) is 24.3 Å². The largest absolute Gasteiger partial charge is 0.573 e. The van der Waals surface area contributed by atoms with Crippen molar-refractivity contribution in [2.24, 2.45) is 0 Å².